The molecular formula is C21H40O4. The van der Waals surface area contributed by atoms with E-state index in [2.05, 4.69) is 20.8 Å². The normalized spacial score (nSPS) is 10.9. The smallest absolute Gasteiger partial charge is 0.305 e. The van der Waals surface area contributed by atoms with Crippen LogP contribution in [0, 0.1) is 5.92 Å². The van der Waals surface area contributed by atoms with E-state index in [0.29, 0.717) is 32.0 Å². The first kappa shape index (κ1) is 23.9. The molecule has 0 radical (unpaired) electrons. The average molecular weight is 357 g/mol. The summed E-state index contributed by atoms with van der Waals surface area (Å²) in [5.74, 6) is 0.549. The van der Waals surface area contributed by atoms with E-state index in [1.807, 2.05) is 0 Å². The van der Waals surface area contributed by atoms with E-state index in [4.69, 9.17) is 9.47 Å². The number of rotatable bonds is 17. The largest absolute Gasteiger partial charge is 0.466 e. The maximum atomic E-state index is 11.6. The number of esters is 2. The molecule has 0 aliphatic heterocycles. The molecule has 0 N–H and O–H groups in total. The first-order valence-electron chi connectivity index (χ1n) is 10.4. The van der Waals surface area contributed by atoms with Crippen molar-refractivity contribution in [3.63, 3.8) is 0 Å². The zero-order valence-corrected chi connectivity index (χ0v) is 16.8. The van der Waals surface area contributed by atoms with Gasteiger partial charge in [-0.1, -0.05) is 59.3 Å². The summed E-state index contributed by atoms with van der Waals surface area (Å²) in [4.78, 5) is 23.0. The molecule has 0 atom stereocenters. The highest BCUT2D eigenvalue weighted by molar-refractivity contribution is 5.69. The molecule has 4 heteroatoms. The lowest BCUT2D eigenvalue weighted by Gasteiger charge is -2.06. The van der Waals surface area contributed by atoms with Crippen molar-refractivity contribution in [2.45, 2.75) is 104 Å². The van der Waals surface area contributed by atoms with Crippen molar-refractivity contribution in [3.05, 3.63) is 0 Å². The Morgan fingerprint density at radius 2 is 1.16 bits per heavy atom. The van der Waals surface area contributed by atoms with E-state index >= 15 is 0 Å². The Balaban J connectivity index is 3.27. The number of unbranched alkanes of at least 4 members (excludes halogenated alkanes) is 7. The third-order valence-corrected chi connectivity index (χ3v) is 4.21. The molecule has 0 spiro atoms. The van der Waals surface area contributed by atoms with Gasteiger partial charge in [0.05, 0.1) is 13.2 Å². The highest BCUT2D eigenvalue weighted by Crippen LogP contribution is 2.10. The number of hydrogen-bond donors (Lipinski definition) is 0. The molecule has 0 saturated heterocycles. The van der Waals surface area contributed by atoms with Crippen molar-refractivity contribution in [3.8, 4) is 0 Å². The van der Waals surface area contributed by atoms with Crippen LogP contribution in [0.4, 0.5) is 0 Å². The van der Waals surface area contributed by atoms with E-state index < -0.39 is 0 Å². The molecule has 0 unspecified atom stereocenters. The Hall–Kier alpha value is -1.06. The number of carbonyl (C=O) groups excluding carboxylic acids is 2. The molecule has 0 amide bonds. The first-order valence-corrected chi connectivity index (χ1v) is 10.4. The second kappa shape index (κ2) is 17.8. The maximum absolute atomic E-state index is 11.6. The monoisotopic (exact) mass is 356 g/mol. The molecule has 0 aromatic carbocycles. The molecule has 0 rings (SSSR count). The molecule has 148 valence electrons. The second-order valence-electron chi connectivity index (χ2n) is 7.31. The lowest BCUT2D eigenvalue weighted by atomic mass is 10.1. The second-order valence-corrected chi connectivity index (χ2v) is 7.31. The van der Waals surface area contributed by atoms with Crippen LogP contribution in [-0.4, -0.2) is 25.2 Å². The van der Waals surface area contributed by atoms with Gasteiger partial charge in [-0.2, -0.15) is 0 Å². The predicted octanol–water partition coefficient (Wildman–Crippen LogP) is 5.82. The van der Waals surface area contributed by atoms with Crippen molar-refractivity contribution in [2.75, 3.05) is 13.2 Å². The Labute approximate surface area is 155 Å². The summed E-state index contributed by atoms with van der Waals surface area (Å²) >= 11 is 0. The molecule has 0 fully saturated rings. The molecule has 0 saturated carbocycles. The fourth-order valence-corrected chi connectivity index (χ4v) is 2.61. The van der Waals surface area contributed by atoms with Crippen LogP contribution in [0.15, 0.2) is 0 Å². The van der Waals surface area contributed by atoms with Crippen LogP contribution < -0.4 is 0 Å². The number of hydrogen-bond acceptors (Lipinski definition) is 4. The van der Waals surface area contributed by atoms with Crippen LogP contribution in [-0.2, 0) is 19.1 Å². The van der Waals surface area contributed by atoms with Gasteiger partial charge in [-0.05, 0) is 38.0 Å². The van der Waals surface area contributed by atoms with Crippen LogP contribution in [0.3, 0.4) is 0 Å². The summed E-state index contributed by atoms with van der Waals surface area (Å²) in [6.45, 7) is 7.63. The van der Waals surface area contributed by atoms with E-state index in [9.17, 15) is 9.59 Å². The third kappa shape index (κ3) is 19.1. The third-order valence-electron chi connectivity index (χ3n) is 4.21. The Morgan fingerprint density at radius 3 is 1.64 bits per heavy atom. The minimum absolute atomic E-state index is 0.0590. The molecule has 0 aliphatic rings. The van der Waals surface area contributed by atoms with E-state index in [1.165, 1.54) is 0 Å². The van der Waals surface area contributed by atoms with Gasteiger partial charge in [-0.25, -0.2) is 0 Å². The van der Waals surface area contributed by atoms with Gasteiger partial charge in [0.1, 0.15) is 0 Å². The maximum Gasteiger partial charge on any atom is 0.305 e. The fourth-order valence-electron chi connectivity index (χ4n) is 2.61. The quantitative estimate of drug-likeness (QED) is 0.243. The summed E-state index contributed by atoms with van der Waals surface area (Å²) in [5, 5.41) is 0. The van der Waals surface area contributed by atoms with Crippen LogP contribution in [0.2, 0.25) is 0 Å². The summed E-state index contributed by atoms with van der Waals surface area (Å²) in [7, 11) is 0. The summed E-state index contributed by atoms with van der Waals surface area (Å²) in [6.07, 6.45) is 12.6. The van der Waals surface area contributed by atoms with Gasteiger partial charge in [0.15, 0.2) is 0 Å². The number of carbonyl (C=O) groups is 2. The Kier molecular flexibility index (Phi) is 17.0. The molecule has 0 aromatic heterocycles. The van der Waals surface area contributed by atoms with Gasteiger partial charge in [0.25, 0.3) is 0 Å². The van der Waals surface area contributed by atoms with Crippen LogP contribution in [0.25, 0.3) is 0 Å². The predicted molar refractivity (Wildman–Crippen MR) is 102 cm³/mol. The minimum atomic E-state index is -0.0606. The topological polar surface area (TPSA) is 52.6 Å². The average Bonchev–Trinajstić information content (AvgIpc) is 2.57. The molecule has 4 nitrogen and oxygen atoms in total. The van der Waals surface area contributed by atoms with Gasteiger partial charge < -0.3 is 9.47 Å². The van der Waals surface area contributed by atoms with Gasteiger partial charge in [0, 0.05) is 12.8 Å². The highest BCUT2D eigenvalue weighted by atomic mass is 16.5. The fraction of sp³-hybridized carbons (Fsp3) is 0.905. The van der Waals surface area contributed by atoms with E-state index in [0.717, 1.165) is 70.6 Å². The number of ether oxygens (including phenoxy) is 2. The van der Waals surface area contributed by atoms with Crippen LogP contribution in [0.5, 0.6) is 0 Å². The standard InChI is InChI=1S/C21H40O4/c1-4-5-12-17-24-20(22)15-10-8-6-7-9-11-16-21(23)25-18-13-14-19(2)3/h19H,4-18H2,1-3H3. The summed E-state index contributed by atoms with van der Waals surface area (Å²) < 4.78 is 10.4. The van der Waals surface area contributed by atoms with E-state index in [-0.39, 0.29) is 11.9 Å². The van der Waals surface area contributed by atoms with Crippen molar-refractivity contribution >= 4 is 11.9 Å². The minimum Gasteiger partial charge on any atom is -0.466 e. The Bertz CT molecular complexity index is 326. The first-order chi connectivity index (χ1) is 12.1. The zero-order valence-electron chi connectivity index (χ0n) is 16.8. The van der Waals surface area contributed by atoms with E-state index in [1.54, 1.807) is 0 Å². The van der Waals surface area contributed by atoms with Gasteiger partial charge >= 0.3 is 11.9 Å². The van der Waals surface area contributed by atoms with Crippen LogP contribution >= 0.6 is 0 Å². The molecule has 0 heterocycles. The lowest BCUT2D eigenvalue weighted by Crippen LogP contribution is -2.06. The van der Waals surface area contributed by atoms with Crippen LogP contribution in [0.1, 0.15) is 104 Å². The van der Waals surface area contributed by atoms with Crippen molar-refractivity contribution in [1.29, 1.82) is 0 Å². The summed E-state index contributed by atoms with van der Waals surface area (Å²) in [6, 6.07) is 0. The summed E-state index contributed by atoms with van der Waals surface area (Å²) in [5.41, 5.74) is 0. The lowest BCUT2D eigenvalue weighted by molar-refractivity contribution is -0.144. The van der Waals surface area contributed by atoms with Gasteiger partial charge in [-0.15, -0.1) is 0 Å². The SMILES string of the molecule is CCCCCOC(=O)CCCCCCCCC(=O)OCCCC(C)C. The Morgan fingerprint density at radius 1 is 0.680 bits per heavy atom. The van der Waals surface area contributed by atoms with Crippen molar-refractivity contribution < 1.29 is 19.1 Å². The molecule has 25 heavy (non-hydrogen) atoms. The van der Waals surface area contributed by atoms with Crippen molar-refractivity contribution in [2.24, 2.45) is 5.92 Å². The molecule has 0 aliphatic carbocycles. The van der Waals surface area contributed by atoms with Gasteiger partial charge in [0.2, 0.25) is 0 Å². The zero-order chi connectivity index (χ0) is 18.8. The van der Waals surface area contributed by atoms with Gasteiger partial charge in [-0.3, -0.25) is 9.59 Å². The highest BCUT2D eigenvalue weighted by Gasteiger charge is 2.04. The molecular weight excluding hydrogens is 316 g/mol. The molecule has 0 bridgehead atoms. The van der Waals surface area contributed by atoms with Crippen molar-refractivity contribution in [1.82, 2.24) is 0 Å². The molecule has 0 aromatic rings.